The first-order chi connectivity index (χ1) is 17.1. The molecule has 1 atom stereocenters. The van der Waals surface area contributed by atoms with E-state index < -0.39 is 28.5 Å². The highest BCUT2D eigenvalue weighted by atomic mass is 79.9. The van der Waals surface area contributed by atoms with Gasteiger partial charge in [-0.1, -0.05) is 23.8 Å². The van der Waals surface area contributed by atoms with Crippen molar-refractivity contribution in [2.75, 3.05) is 32.2 Å². The smallest absolute Gasteiger partial charge is 0.264 e. The van der Waals surface area contributed by atoms with Crippen LogP contribution in [0.1, 0.15) is 24.1 Å². The van der Waals surface area contributed by atoms with Gasteiger partial charge in [0.05, 0.1) is 42.4 Å². The number of hydrogen-bond donors (Lipinski definition) is 1. The molecule has 1 amide bonds. The van der Waals surface area contributed by atoms with Gasteiger partial charge in [0.1, 0.15) is 12.3 Å². The van der Waals surface area contributed by atoms with Crippen molar-refractivity contribution >= 4 is 37.5 Å². The number of halogens is 1. The van der Waals surface area contributed by atoms with Gasteiger partial charge in [0.15, 0.2) is 11.5 Å². The van der Waals surface area contributed by atoms with Crippen LogP contribution in [0.3, 0.4) is 0 Å². The third-order valence-corrected chi connectivity index (χ3v) is 8.00. The molecule has 3 rings (SSSR count). The average molecular weight is 577 g/mol. The number of ether oxygens (including phenoxy) is 3. The zero-order valence-corrected chi connectivity index (χ0v) is 23.1. The van der Waals surface area contributed by atoms with Crippen molar-refractivity contribution in [3.05, 3.63) is 76.3 Å². The molecule has 36 heavy (non-hydrogen) atoms. The van der Waals surface area contributed by atoms with Crippen molar-refractivity contribution in [2.45, 2.75) is 24.8 Å². The van der Waals surface area contributed by atoms with Gasteiger partial charge < -0.3 is 19.5 Å². The van der Waals surface area contributed by atoms with E-state index in [2.05, 4.69) is 21.2 Å². The largest absolute Gasteiger partial charge is 0.496 e. The van der Waals surface area contributed by atoms with Gasteiger partial charge >= 0.3 is 0 Å². The number of nitrogens with one attached hydrogen (secondary N) is 1. The second-order valence-electron chi connectivity index (χ2n) is 8.05. The standard InChI is InChI=1S/C26H29BrN2O6S/c1-17-6-9-20(10-7-17)29(36(31,32)21-11-13-23(33-3)22(27)15-21)16-26(30)28-18(2)19-8-12-24(34-4)25(14-19)35-5/h6-15,18H,16H2,1-5H3,(H,28,30)/t18-/m1/s1. The predicted octanol–water partition coefficient (Wildman–Crippen LogP) is 4.86. The van der Waals surface area contributed by atoms with E-state index in [4.69, 9.17) is 14.2 Å². The number of sulfonamides is 1. The molecule has 0 saturated carbocycles. The van der Waals surface area contributed by atoms with Crippen molar-refractivity contribution in [1.82, 2.24) is 5.32 Å². The highest BCUT2D eigenvalue weighted by Crippen LogP contribution is 2.32. The van der Waals surface area contributed by atoms with E-state index in [0.29, 0.717) is 27.4 Å². The van der Waals surface area contributed by atoms with E-state index >= 15 is 0 Å². The molecule has 3 aromatic rings. The fourth-order valence-electron chi connectivity index (χ4n) is 3.58. The van der Waals surface area contributed by atoms with Gasteiger partial charge in [0.25, 0.3) is 10.0 Å². The molecule has 0 radical (unpaired) electrons. The SMILES string of the molecule is COc1ccc(S(=O)(=O)N(CC(=O)N[C@H](C)c2ccc(OC)c(OC)c2)c2ccc(C)cc2)cc1Br. The molecular formula is C26H29BrN2O6S. The lowest BCUT2D eigenvalue weighted by atomic mass is 10.1. The first-order valence-electron chi connectivity index (χ1n) is 11.0. The summed E-state index contributed by atoms with van der Waals surface area (Å²) >= 11 is 3.34. The Kier molecular flexibility index (Phi) is 8.86. The van der Waals surface area contributed by atoms with E-state index in [9.17, 15) is 13.2 Å². The Morgan fingerprint density at radius 2 is 1.53 bits per heavy atom. The molecule has 192 valence electrons. The third-order valence-electron chi connectivity index (χ3n) is 5.61. The van der Waals surface area contributed by atoms with Crippen LogP contribution in [-0.2, 0) is 14.8 Å². The lowest BCUT2D eigenvalue weighted by molar-refractivity contribution is -0.120. The van der Waals surface area contributed by atoms with Crippen LogP contribution in [0.25, 0.3) is 0 Å². The predicted molar refractivity (Wildman–Crippen MR) is 143 cm³/mol. The fraction of sp³-hybridized carbons (Fsp3) is 0.269. The van der Waals surface area contributed by atoms with Gasteiger partial charge in [0, 0.05) is 0 Å². The van der Waals surface area contributed by atoms with Crippen LogP contribution < -0.4 is 23.8 Å². The summed E-state index contributed by atoms with van der Waals surface area (Å²) in [5.41, 5.74) is 2.13. The summed E-state index contributed by atoms with van der Waals surface area (Å²) in [5.74, 6) is 1.14. The first kappa shape index (κ1) is 27.3. The van der Waals surface area contributed by atoms with Crippen LogP contribution in [0.5, 0.6) is 17.2 Å². The normalized spacial score (nSPS) is 11.9. The summed E-state index contributed by atoms with van der Waals surface area (Å²) in [6.07, 6.45) is 0. The minimum absolute atomic E-state index is 0.0245. The Morgan fingerprint density at radius 1 is 0.917 bits per heavy atom. The Morgan fingerprint density at radius 3 is 2.11 bits per heavy atom. The number of hydrogen-bond acceptors (Lipinski definition) is 6. The quantitative estimate of drug-likeness (QED) is 0.370. The minimum atomic E-state index is -4.08. The highest BCUT2D eigenvalue weighted by molar-refractivity contribution is 9.10. The summed E-state index contributed by atoms with van der Waals surface area (Å²) in [5, 5.41) is 2.88. The van der Waals surface area contributed by atoms with Crippen LogP contribution in [-0.4, -0.2) is 42.2 Å². The van der Waals surface area contributed by atoms with Gasteiger partial charge in [-0.2, -0.15) is 0 Å². The van der Waals surface area contributed by atoms with E-state index in [0.717, 1.165) is 15.4 Å². The van der Waals surface area contributed by atoms with Crippen molar-refractivity contribution in [3.8, 4) is 17.2 Å². The molecule has 0 fully saturated rings. The van der Waals surface area contributed by atoms with Gasteiger partial charge in [-0.15, -0.1) is 0 Å². The molecular weight excluding hydrogens is 548 g/mol. The molecule has 10 heteroatoms. The molecule has 0 aromatic heterocycles. The molecule has 0 saturated heterocycles. The summed E-state index contributed by atoms with van der Waals surface area (Å²) in [6.45, 7) is 3.30. The summed E-state index contributed by atoms with van der Waals surface area (Å²) in [6, 6.07) is 16.3. The molecule has 0 bridgehead atoms. The van der Waals surface area contributed by atoms with Gasteiger partial charge in [-0.3, -0.25) is 9.10 Å². The van der Waals surface area contributed by atoms with E-state index in [1.807, 2.05) is 19.9 Å². The van der Waals surface area contributed by atoms with Crippen molar-refractivity contribution in [1.29, 1.82) is 0 Å². The Hall–Kier alpha value is -3.24. The van der Waals surface area contributed by atoms with Crippen molar-refractivity contribution in [3.63, 3.8) is 0 Å². The molecule has 0 aliphatic heterocycles. The van der Waals surface area contributed by atoms with E-state index in [-0.39, 0.29) is 4.90 Å². The number of benzene rings is 3. The monoisotopic (exact) mass is 576 g/mol. The summed E-state index contributed by atoms with van der Waals surface area (Å²) < 4.78 is 44.7. The zero-order valence-electron chi connectivity index (χ0n) is 20.7. The number of amides is 1. The molecule has 0 aliphatic rings. The molecule has 8 nitrogen and oxygen atoms in total. The topological polar surface area (TPSA) is 94.2 Å². The van der Waals surface area contributed by atoms with Crippen molar-refractivity contribution in [2.24, 2.45) is 0 Å². The van der Waals surface area contributed by atoms with Crippen LogP contribution in [0.2, 0.25) is 0 Å². The number of carbonyl (C=O) groups excluding carboxylic acids is 1. The van der Waals surface area contributed by atoms with Gasteiger partial charge in [-0.05, 0) is 77.8 Å². The number of aryl methyl sites for hydroxylation is 1. The number of methoxy groups -OCH3 is 3. The third kappa shape index (κ3) is 6.11. The number of carbonyl (C=O) groups is 1. The lowest BCUT2D eigenvalue weighted by Crippen LogP contribution is -2.41. The van der Waals surface area contributed by atoms with Crippen LogP contribution in [0.15, 0.2) is 70.0 Å². The second kappa shape index (κ2) is 11.7. The van der Waals surface area contributed by atoms with Gasteiger partial charge in [-0.25, -0.2) is 8.42 Å². The van der Waals surface area contributed by atoms with Crippen LogP contribution in [0, 0.1) is 6.92 Å². The van der Waals surface area contributed by atoms with E-state index in [1.54, 1.807) is 49.6 Å². The Labute approximate surface area is 220 Å². The maximum Gasteiger partial charge on any atom is 0.264 e. The fourth-order valence-corrected chi connectivity index (χ4v) is 5.72. The Bertz CT molecular complexity index is 1330. The summed E-state index contributed by atoms with van der Waals surface area (Å²) in [4.78, 5) is 13.1. The lowest BCUT2D eigenvalue weighted by Gasteiger charge is -2.25. The van der Waals surface area contributed by atoms with E-state index in [1.165, 1.54) is 26.4 Å². The zero-order chi connectivity index (χ0) is 26.5. The average Bonchev–Trinajstić information content (AvgIpc) is 2.87. The number of rotatable bonds is 10. The molecule has 3 aromatic carbocycles. The molecule has 0 unspecified atom stereocenters. The molecule has 0 spiro atoms. The maximum atomic E-state index is 13.7. The maximum absolute atomic E-state index is 13.7. The number of nitrogens with zero attached hydrogens (tertiary/aromatic N) is 1. The first-order valence-corrected chi connectivity index (χ1v) is 13.3. The molecule has 0 aliphatic carbocycles. The van der Waals surface area contributed by atoms with Crippen molar-refractivity contribution < 1.29 is 27.4 Å². The summed E-state index contributed by atoms with van der Waals surface area (Å²) in [7, 11) is 0.498. The number of anilines is 1. The molecule has 0 heterocycles. The Balaban J connectivity index is 1.90. The van der Waals surface area contributed by atoms with Crippen LogP contribution >= 0.6 is 15.9 Å². The molecule has 1 N–H and O–H groups in total. The minimum Gasteiger partial charge on any atom is -0.496 e. The van der Waals surface area contributed by atoms with Crippen LogP contribution in [0.4, 0.5) is 5.69 Å². The van der Waals surface area contributed by atoms with Gasteiger partial charge in [0.2, 0.25) is 5.91 Å². The second-order valence-corrected chi connectivity index (χ2v) is 10.8. The highest BCUT2D eigenvalue weighted by Gasteiger charge is 2.28.